The zero-order valence-corrected chi connectivity index (χ0v) is 12.3. The summed E-state index contributed by atoms with van der Waals surface area (Å²) in [5.41, 5.74) is 8.29. The third kappa shape index (κ3) is 4.18. The standard InChI is InChI=1S/C15H22N2OS/c1-2-17(9-6-15(16)19)8-5-12-3-4-14-13(11-12)7-10-18-14/h3-4,11H,2,5-10H2,1H3,(H2,16,19). The molecule has 0 fully saturated rings. The van der Waals surface area contributed by atoms with Gasteiger partial charge in [-0.15, -0.1) is 0 Å². The second kappa shape index (κ2) is 6.87. The van der Waals surface area contributed by atoms with Gasteiger partial charge in [-0.1, -0.05) is 31.3 Å². The molecule has 0 aliphatic carbocycles. The van der Waals surface area contributed by atoms with Crippen LogP contribution in [0.1, 0.15) is 24.5 Å². The molecule has 0 unspecified atom stereocenters. The number of nitrogens with two attached hydrogens (primary N) is 1. The van der Waals surface area contributed by atoms with Crippen molar-refractivity contribution in [2.24, 2.45) is 5.73 Å². The number of rotatable bonds is 7. The maximum atomic E-state index is 5.56. The first-order valence-corrected chi connectivity index (χ1v) is 7.35. The molecule has 2 rings (SSSR count). The average molecular weight is 278 g/mol. The Morgan fingerprint density at radius 2 is 2.26 bits per heavy atom. The summed E-state index contributed by atoms with van der Waals surface area (Å²) in [6.45, 7) is 6.05. The van der Waals surface area contributed by atoms with Crippen LogP contribution in [0.2, 0.25) is 0 Å². The number of hydrogen-bond acceptors (Lipinski definition) is 3. The lowest BCUT2D eigenvalue weighted by Gasteiger charge is -2.20. The summed E-state index contributed by atoms with van der Waals surface area (Å²) in [4.78, 5) is 3.00. The Morgan fingerprint density at radius 1 is 1.42 bits per heavy atom. The first-order valence-electron chi connectivity index (χ1n) is 6.94. The number of thiocarbonyl (C=S) groups is 1. The molecule has 0 spiro atoms. The van der Waals surface area contributed by atoms with Gasteiger partial charge in [-0.25, -0.2) is 0 Å². The van der Waals surface area contributed by atoms with Gasteiger partial charge in [0.15, 0.2) is 0 Å². The van der Waals surface area contributed by atoms with E-state index < -0.39 is 0 Å². The van der Waals surface area contributed by atoms with E-state index in [1.165, 1.54) is 11.1 Å². The minimum Gasteiger partial charge on any atom is -0.493 e. The topological polar surface area (TPSA) is 38.5 Å². The van der Waals surface area contributed by atoms with Gasteiger partial charge in [0.25, 0.3) is 0 Å². The molecule has 1 aliphatic heterocycles. The van der Waals surface area contributed by atoms with Crippen LogP contribution in [-0.4, -0.2) is 36.1 Å². The molecule has 1 heterocycles. The van der Waals surface area contributed by atoms with Gasteiger partial charge in [0.2, 0.25) is 0 Å². The molecule has 0 radical (unpaired) electrons. The molecule has 0 bridgehead atoms. The zero-order valence-electron chi connectivity index (χ0n) is 11.5. The molecule has 2 N–H and O–H groups in total. The molecule has 1 aromatic carbocycles. The summed E-state index contributed by atoms with van der Waals surface area (Å²) in [7, 11) is 0. The lowest BCUT2D eigenvalue weighted by Crippen LogP contribution is -2.29. The smallest absolute Gasteiger partial charge is 0.122 e. The molecule has 0 saturated carbocycles. The third-order valence-electron chi connectivity index (χ3n) is 3.59. The van der Waals surface area contributed by atoms with Crippen molar-refractivity contribution >= 4 is 17.2 Å². The Labute approximate surface area is 120 Å². The second-order valence-electron chi connectivity index (χ2n) is 4.94. The van der Waals surface area contributed by atoms with Gasteiger partial charge < -0.3 is 15.4 Å². The maximum Gasteiger partial charge on any atom is 0.122 e. The monoisotopic (exact) mass is 278 g/mol. The van der Waals surface area contributed by atoms with Crippen molar-refractivity contribution in [3.8, 4) is 5.75 Å². The van der Waals surface area contributed by atoms with Gasteiger partial charge in [0.05, 0.1) is 11.6 Å². The molecule has 4 heteroatoms. The first kappa shape index (κ1) is 14.3. The highest BCUT2D eigenvalue weighted by Gasteiger charge is 2.12. The predicted octanol–water partition coefficient (Wildman–Crippen LogP) is 2.16. The summed E-state index contributed by atoms with van der Waals surface area (Å²) in [5, 5.41) is 0. The van der Waals surface area contributed by atoms with Gasteiger partial charge >= 0.3 is 0 Å². The van der Waals surface area contributed by atoms with E-state index in [1.807, 2.05) is 0 Å². The number of benzene rings is 1. The Kier molecular flexibility index (Phi) is 5.16. The Morgan fingerprint density at radius 3 is 3.00 bits per heavy atom. The van der Waals surface area contributed by atoms with E-state index in [9.17, 15) is 0 Å². The summed E-state index contributed by atoms with van der Waals surface area (Å²) < 4.78 is 5.53. The molecule has 19 heavy (non-hydrogen) atoms. The molecule has 1 aromatic rings. The van der Waals surface area contributed by atoms with E-state index in [-0.39, 0.29) is 0 Å². The lowest BCUT2D eigenvalue weighted by atomic mass is 10.1. The van der Waals surface area contributed by atoms with Gasteiger partial charge in [0, 0.05) is 25.9 Å². The van der Waals surface area contributed by atoms with E-state index in [0.717, 1.165) is 51.3 Å². The third-order valence-corrected chi connectivity index (χ3v) is 3.80. The highest BCUT2D eigenvalue weighted by Crippen LogP contribution is 2.26. The summed E-state index contributed by atoms with van der Waals surface area (Å²) >= 11 is 4.93. The van der Waals surface area contributed by atoms with Gasteiger partial charge in [0.1, 0.15) is 5.75 Å². The van der Waals surface area contributed by atoms with Crippen molar-refractivity contribution in [3.63, 3.8) is 0 Å². The highest BCUT2D eigenvalue weighted by atomic mass is 32.1. The quantitative estimate of drug-likeness (QED) is 0.776. The zero-order chi connectivity index (χ0) is 13.7. The summed E-state index contributed by atoms with van der Waals surface area (Å²) in [6, 6.07) is 6.55. The van der Waals surface area contributed by atoms with Crippen molar-refractivity contribution in [2.75, 3.05) is 26.2 Å². The van der Waals surface area contributed by atoms with Crippen LogP contribution in [0.5, 0.6) is 5.75 Å². The van der Waals surface area contributed by atoms with E-state index in [0.29, 0.717) is 4.99 Å². The van der Waals surface area contributed by atoms with Crippen LogP contribution in [0.15, 0.2) is 18.2 Å². The second-order valence-corrected chi connectivity index (χ2v) is 5.47. The molecule has 0 amide bonds. The van der Waals surface area contributed by atoms with Gasteiger partial charge in [-0.05, 0) is 30.2 Å². The van der Waals surface area contributed by atoms with E-state index in [2.05, 4.69) is 30.0 Å². The Balaban J connectivity index is 1.85. The molecule has 3 nitrogen and oxygen atoms in total. The molecular formula is C15H22N2OS. The molecule has 0 saturated heterocycles. The van der Waals surface area contributed by atoms with Crippen molar-refractivity contribution in [1.82, 2.24) is 4.90 Å². The summed E-state index contributed by atoms with van der Waals surface area (Å²) in [5.74, 6) is 1.06. The van der Waals surface area contributed by atoms with Crippen LogP contribution in [-0.2, 0) is 12.8 Å². The fourth-order valence-corrected chi connectivity index (χ4v) is 2.47. The van der Waals surface area contributed by atoms with Crippen molar-refractivity contribution < 1.29 is 4.74 Å². The molecule has 0 aromatic heterocycles. The minimum atomic E-state index is 0.605. The van der Waals surface area contributed by atoms with E-state index in [1.54, 1.807) is 0 Å². The normalized spacial score (nSPS) is 13.4. The Hall–Kier alpha value is -1.13. The molecule has 104 valence electrons. The molecule has 0 atom stereocenters. The SMILES string of the molecule is CCN(CCC(N)=S)CCc1ccc2c(c1)CCO2. The van der Waals surface area contributed by atoms with Crippen LogP contribution >= 0.6 is 12.2 Å². The highest BCUT2D eigenvalue weighted by molar-refractivity contribution is 7.80. The minimum absolute atomic E-state index is 0.605. The number of nitrogens with zero attached hydrogens (tertiary/aromatic N) is 1. The number of ether oxygens (including phenoxy) is 1. The van der Waals surface area contributed by atoms with Crippen molar-refractivity contribution in [2.45, 2.75) is 26.2 Å². The Bertz CT molecular complexity index is 448. The fourth-order valence-electron chi connectivity index (χ4n) is 2.38. The molecular weight excluding hydrogens is 256 g/mol. The average Bonchev–Trinajstić information content (AvgIpc) is 2.86. The number of likely N-dealkylation sites (N-methyl/N-ethyl adjacent to an activating group) is 1. The van der Waals surface area contributed by atoms with Crippen molar-refractivity contribution in [1.29, 1.82) is 0 Å². The largest absolute Gasteiger partial charge is 0.493 e. The summed E-state index contributed by atoms with van der Waals surface area (Å²) in [6.07, 6.45) is 2.92. The number of fused-ring (bicyclic) bond motifs is 1. The van der Waals surface area contributed by atoms with Crippen LogP contribution in [0.4, 0.5) is 0 Å². The number of hydrogen-bond donors (Lipinski definition) is 1. The van der Waals surface area contributed by atoms with Gasteiger partial charge in [-0.2, -0.15) is 0 Å². The first-order chi connectivity index (χ1) is 9.19. The molecule has 1 aliphatic rings. The van der Waals surface area contributed by atoms with E-state index in [4.69, 9.17) is 22.7 Å². The van der Waals surface area contributed by atoms with Crippen molar-refractivity contribution in [3.05, 3.63) is 29.3 Å². The van der Waals surface area contributed by atoms with Crippen LogP contribution in [0, 0.1) is 0 Å². The maximum absolute atomic E-state index is 5.56. The van der Waals surface area contributed by atoms with Gasteiger partial charge in [-0.3, -0.25) is 0 Å². The van der Waals surface area contributed by atoms with Crippen LogP contribution < -0.4 is 10.5 Å². The van der Waals surface area contributed by atoms with Crippen LogP contribution in [0.25, 0.3) is 0 Å². The fraction of sp³-hybridized carbons (Fsp3) is 0.533. The van der Waals surface area contributed by atoms with E-state index >= 15 is 0 Å². The lowest BCUT2D eigenvalue weighted by molar-refractivity contribution is 0.300. The van der Waals surface area contributed by atoms with Crippen LogP contribution in [0.3, 0.4) is 0 Å². The predicted molar refractivity (Wildman–Crippen MR) is 82.9 cm³/mol.